The predicted molar refractivity (Wildman–Crippen MR) is 61.5 cm³/mol. The lowest BCUT2D eigenvalue weighted by molar-refractivity contribution is 0.556. The molecule has 76 valence electrons. The third-order valence-electron chi connectivity index (χ3n) is 2.65. The molecule has 3 heteroatoms. The molecule has 1 aromatic heterocycles. The SMILES string of the molecule is Cc1cnccc1CNC1CCSC1. The van der Waals surface area contributed by atoms with Crippen molar-refractivity contribution < 1.29 is 0 Å². The van der Waals surface area contributed by atoms with Crippen LogP contribution >= 0.6 is 11.8 Å². The van der Waals surface area contributed by atoms with Gasteiger partial charge in [-0.1, -0.05) is 0 Å². The largest absolute Gasteiger partial charge is 0.309 e. The predicted octanol–water partition coefficient (Wildman–Crippen LogP) is 1.99. The summed E-state index contributed by atoms with van der Waals surface area (Å²) >= 11 is 2.05. The number of aryl methyl sites for hydroxylation is 1. The van der Waals surface area contributed by atoms with Gasteiger partial charge in [-0.3, -0.25) is 4.98 Å². The van der Waals surface area contributed by atoms with Crippen LogP contribution in [0.2, 0.25) is 0 Å². The van der Waals surface area contributed by atoms with Gasteiger partial charge in [-0.2, -0.15) is 11.8 Å². The second-order valence-corrected chi connectivity index (χ2v) is 4.89. The quantitative estimate of drug-likeness (QED) is 0.822. The smallest absolute Gasteiger partial charge is 0.0300 e. The van der Waals surface area contributed by atoms with Crippen LogP contribution in [0, 0.1) is 6.92 Å². The first-order valence-corrected chi connectivity index (χ1v) is 6.22. The monoisotopic (exact) mass is 208 g/mol. The Balaban J connectivity index is 1.88. The zero-order chi connectivity index (χ0) is 9.80. The molecule has 1 saturated heterocycles. The first kappa shape index (κ1) is 9.99. The van der Waals surface area contributed by atoms with E-state index in [0.29, 0.717) is 6.04 Å². The van der Waals surface area contributed by atoms with Crippen LogP contribution in [0.25, 0.3) is 0 Å². The highest BCUT2D eigenvalue weighted by atomic mass is 32.2. The molecule has 1 atom stereocenters. The Morgan fingerprint density at radius 1 is 1.64 bits per heavy atom. The summed E-state index contributed by atoms with van der Waals surface area (Å²) in [6, 6.07) is 2.82. The summed E-state index contributed by atoms with van der Waals surface area (Å²) in [4.78, 5) is 4.09. The molecule has 14 heavy (non-hydrogen) atoms. The van der Waals surface area contributed by atoms with E-state index in [4.69, 9.17) is 0 Å². The first-order valence-electron chi connectivity index (χ1n) is 5.07. The van der Waals surface area contributed by atoms with Gasteiger partial charge in [0.25, 0.3) is 0 Å². The molecule has 1 unspecified atom stereocenters. The number of nitrogens with one attached hydrogen (secondary N) is 1. The standard InChI is InChI=1S/C11H16N2S/c1-9-6-12-4-2-10(9)7-13-11-3-5-14-8-11/h2,4,6,11,13H,3,5,7-8H2,1H3. The van der Waals surface area contributed by atoms with Crippen molar-refractivity contribution in [2.24, 2.45) is 0 Å². The summed E-state index contributed by atoms with van der Waals surface area (Å²) in [6.45, 7) is 3.10. The van der Waals surface area contributed by atoms with E-state index in [-0.39, 0.29) is 0 Å². The minimum atomic E-state index is 0.715. The highest BCUT2D eigenvalue weighted by molar-refractivity contribution is 7.99. The Morgan fingerprint density at radius 2 is 2.57 bits per heavy atom. The molecule has 2 heterocycles. The average Bonchev–Trinajstić information content (AvgIpc) is 2.69. The van der Waals surface area contributed by atoms with Crippen molar-refractivity contribution in [1.82, 2.24) is 10.3 Å². The van der Waals surface area contributed by atoms with Crippen molar-refractivity contribution in [3.05, 3.63) is 29.6 Å². The second kappa shape index (κ2) is 4.80. The minimum Gasteiger partial charge on any atom is -0.309 e. The molecule has 1 aliphatic heterocycles. The van der Waals surface area contributed by atoms with Crippen LogP contribution in [0.5, 0.6) is 0 Å². The summed E-state index contributed by atoms with van der Waals surface area (Å²) in [7, 11) is 0. The molecule has 0 amide bonds. The van der Waals surface area contributed by atoms with Gasteiger partial charge in [-0.05, 0) is 36.3 Å². The Bertz CT molecular complexity index is 295. The molecule has 1 aliphatic rings. The molecule has 0 aromatic carbocycles. The molecular weight excluding hydrogens is 192 g/mol. The molecule has 0 radical (unpaired) electrons. The van der Waals surface area contributed by atoms with Gasteiger partial charge in [0.2, 0.25) is 0 Å². The lowest BCUT2D eigenvalue weighted by Gasteiger charge is -2.12. The van der Waals surface area contributed by atoms with Crippen LogP contribution in [0.4, 0.5) is 0 Å². The van der Waals surface area contributed by atoms with E-state index in [1.807, 2.05) is 24.2 Å². The van der Waals surface area contributed by atoms with Gasteiger partial charge >= 0.3 is 0 Å². The van der Waals surface area contributed by atoms with Crippen LogP contribution in [-0.2, 0) is 6.54 Å². The van der Waals surface area contributed by atoms with Gasteiger partial charge in [0.1, 0.15) is 0 Å². The molecule has 2 nitrogen and oxygen atoms in total. The molecule has 0 spiro atoms. The summed E-state index contributed by atoms with van der Waals surface area (Å²) in [5, 5.41) is 3.59. The molecule has 1 N–H and O–H groups in total. The minimum absolute atomic E-state index is 0.715. The highest BCUT2D eigenvalue weighted by Gasteiger charge is 2.14. The maximum atomic E-state index is 4.09. The fourth-order valence-corrected chi connectivity index (χ4v) is 2.84. The molecule has 0 bridgehead atoms. The zero-order valence-corrected chi connectivity index (χ0v) is 9.31. The van der Waals surface area contributed by atoms with Crippen molar-refractivity contribution in [3.63, 3.8) is 0 Å². The van der Waals surface area contributed by atoms with Gasteiger partial charge in [0.15, 0.2) is 0 Å². The van der Waals surface area contributed by atoms with E-state index in [9.17, 15) is 0 Å². The molecule has 1 fully saturated rings. The molecule has 2 rings (SSSR count). The van der Waals surface area contributed by atoms with Crippen LogP contribution in [0.1, 0.15) is 17.5 Å². The molecular formula is C11H16N2S. The molecule has 0 aliphatic carbocycles. The Morgan fingerprint density at radius 3 is 3.29 bits per heavy atom. The van der Waals surface area contributed by atoms with E-state index >= 15 is 0 Å². The lowest BCUT2D eigenvalue weighted by atomic mass is 10.1. The number of nitrogens with zero attached hydrogens (tertiary/aromatic N) is 1. The number of aromatic nitrogens is 1. The van der Waals surface area contributed by atoms with Gasteiger partial charge in [-0.15, -0.1) is 0 Å². The van der Waals surface area contributed by atoms with Crippen molar-refractivity contribution in [1.29, 1.82) is 0 Å². The number of thioether (sulfide) groups is 1. The molecule has 0 saturated carbocycles. The van der Waals surface area contributed by atoms with Crippen molar-refractivity contribution in [3.8, 4) is 0 Å². The summed E-state index contributed by atoms with van der Waals surface area (Å²) in [5.74, 6) is 2.58. The third-order valence-corrected chi connectivity index (χ3v) is 3.81. The zero-order valence-electron chi connectivity index (χ0n) is 8.49. The number of rotatable bonds is 3. The van der Waals surface area contributed by atoms with Gasteiger partial charge < -0.3 is 5.32 Å². The Hall–Kier alpha value is -0.540. The van der Waals surface area contributed by atoms with E-state index in [1.54, 1.807) is 0 Å². The number of hydrogen-bond acceptors (Lipinski definition) is 3. The second-order valence-electron chi connectivity index (χ2n) is 3.74. The van der Waals surface area contributed by atoms with Crippen LogP contribution in [0.15, 0.2) is 18.5 Å². The van der Waals surface area contributed by atoms with Crippen LogP contribution in [0.3, 0.4) is 0 Å². The third kappa shape index (κ3) is 2.49. The lowest BCUT2D eigenvalue weighted by Crippen LogP contribution is -2.28. The van der Waals surface area contributed by atoms with Gasteiger partial charge in [0.05, 0.1) is 0 Å². The van der Waals surface area contributed by atoms with Crippen molar-refractivity contribution >= 4 is 11.8 Å². The number of hydrogen-bond donors (Lipinski definition) is 1. The van der Waals surface area contributed by atoms with E-state index in [2.05, 4.69) is 23.3 Å². The number of pyridine rings is 1. The fourth-order valence-electron chi connectivity index (χ4n) is 1.65. The maximum Gasteiger partial charge on any atom is 0.0300 e. The Labute approximate surface area is 89.5 Å². The average molecular weight is 208 g/mol. The van der Waals surface area contributed by atoms with E-state index in [1.165, 1.54) is 29.1 Å². The topological polar surface area (TPSA) is 24.9 Å². The highest BCUT2D eigenvalue weighted by Crippen LogP contribution is 2.17. The van der Waals surface area contributed by atoms with Crippen LogP contribution < -0.4 is 5.32 Å². The summed E-state index contributed by atoms with van der Waals surface area (Å²) in [5.41, 5.74) is 2.66. The van der Waals surface area contributed by atoms with Crippen LogP contribution in [-0.4, -0.2) is 22.5 Å². The summed E-state index contributed by atoms with van der Waals surface area (Å²) < 4.78 is 0. The van der Waals surface area contributed by atoms with Gasteiger partial charge in [-0.25, -0.2) is 0 Å². The molecule has 1 aromatic rings. The van der Waals surface area contributed by atoms with E-state index in [0.717, 1.165) is 6.54 Å². The van der Waals surface area contributed by atoms with Crippen molar-refractivity contribution in [2.75, 3.05) is 11.5 Å². The fraction of sp³-hybridized carbons (Fsp3) is 0.545. The maximum absolute atomic E-state index is 4.09. The summed E-state index contributed by atoms with van der Waals surface area (Å²) in [6.07, 6.45) is 5.11. The first-order chi connectivity index (χ1) is 6.86. The normalized spacial score (nSPS) is 21.4. The Kier molecular flexibility index (Phi) is 3.43. The van der Waals surface area contributed by atoms with Gasteiger partial charge in [0, 0.05) is 30.7 Å². The van der Waals surface area contributed by atoms with Crippen molar-refractivity contribution in [2.45, 2.75) is 25.9 Å². The van der Waals surface area contributed by atoms with E-state index < -0.39 is 0 Å².